The molecule has 9 N–H and O–H groups in total. The summed E-state index contributed by atoms with van der Waals surface area (Å²) >= 11 is 0. The molecule has 0 rings (SSSR count). The van der Waals surface area contributed by atoms with Crippen LogP contribution in [0.4, 0.5) is 0 Å². The van der Waals surface area contributed by atoms with E-state index in [1.54, 1.807) is 0 Å². The average molecular weight is 169 g/mol. The van der Waals surface area contributed by atoms with Gasteiger partial charge in [0, 0.05) is 0 Å². The minimum atomic E-state index is -4.51. The van der Waals surface area contributed by atoms with Crippen molar-refractivity contribution in [2.45, 2.75) is 5.79 Å². The fourth-order valence-electron chi connectivity index (χ4n) is 0.222. The van der Waals surface area contributed by atoms with Crippen molar-refractivity contribution >= 4 is 9.05 Å². The zero-order chi connectivity index (χ0) is 8.41. The Bertz CT molecular complexity index is 92.1. The van der Waals surface area contributed by atoms with Gasteiger partial charge in [0.25, 0.3) is 0 Å². The lowest BCUT2D eigenvalue weighted by molar-refractivity contribution is 0.0438. The zero-order valence-electron chi connectivity index (χ0n) is 5.19. The molecule has 0 aliphatic carbocycles. The fourth-order valence-corrected chi connectivity index (χ4v) is 0.665. The molecule has 0 saturated carbocycles. The predicted octanol–water partition coefficient (Wildman–Crippen LogP) is -4.05. The lowest BCUT2D eigenvalue weighted by Gasteiger charge is -2.20. The van der Waals surface area contributed by atoms with Crippen LogP contribution < -0.4 is 17.2 Å². The average Bonchev–Trinajstić information content (AvgIpc) is 1.57. The molecule has 0 aromatic rings. The summed E-state index contributed by atoms with van der Waals surface area (Å²) in [7, 11) is -4.51. The number of nitrogens with two attached hydrogens (primary N) is 3. The Labute approximate surface area is 58.5 Å². The van der Waals surface area contributed by atoms with Gasteiger partial charge in [-0.3, -0.25) is 17.2 Å². The van der Waals surface area contributed by atoms with Gasteiger partial charge in [0.1, 0.15) is 5.79 Å². The Hall–Kier alpha value is -0.0631. The second-order valence-electron chi connectivity index (χ2n) is 1.97. The molecule has 0 bridgehead atoms. The van der Waals surface area contributed by atoms with Gasteiger partial charge in [0.15, 0.2) is 0 Å². The number of rotatable bonds is 3. The highest BCUT2D eigenvalue weighted by Crippen LogP contribution is 1.90. The van der Waals surface area contributed by atoms with Crippen LogP contribution in [0.25, 0.3) is 0 Å². The maximum Gasteiger partial charge on any atom is 0.671 e. The van der Waals surface area contributed by atoms with Crippen molar-refractivity contribution in [2.24, 2.45) is 17.2 Å². The molecule has 0 aromatic heterocycles. The molecule has 7 nitrogen and oxygen atoms in total. The second-order valence-corrected chi connectivity index (χ2v) is 3.41. The molecule has 0 atom stereocenters. The van der Waals surface area contributed by atoms with Gasteiger partial charge in [-0.15, -0.1) is 0 Å². The Morgan fingerprint density at radius 1 is 1.20 bits per heavy atom. The van der Waals surface area contributed by atoms with Gasteiger partial charge in [-0.25, -0.2) is 0 Å². The largest absolute Gasteiger partial charge is 0.671 e. The van der Waals surface area contributed by atoms with Gasteiger partial charge in [0.05, 0.1) is 6.61 Å². The number of hydrogen-bond donors (Lipinski definition) is 6. The van der Waals surface area contributed by atoms with E-state index in [0.717, 1.165) is 0 Å². The van der Waals surface area contributed by atoms with Gasteiger partial charge >= 0.3 is 9.05 Å². The first-order chi connectivity index (χ1) is 4.21. The maximum atomic E-state index is 8.24. The molecule has 8 heteroatoms. The van der Waals surface area contributed by atoms with Crippen LogP contribution in [0.3, 0.4) is 0 Å². The smallest absolute Gasteiger partial charge is 0.368 e. The van der Waals surface area contributed by atoms with Crippen molar-refractivity contribution in [3.05, 3.63) is 0 Å². The molecule has 0 spiro atoms. The normalized spacial score (nSPS) is 13.8. The van der Waals surface area contributed by atoms with Crippen molar-refractivity contribution in [2.75, 3.05) is 6.61 Å². The summed E-state index contributed by atoms with van der Waals surface area (Å²) in [5, 5.41) is 0. The first kappa shape index (κ1) is 9.94. The summed E-state index contributed by atoms with van der Waals surface area (Å²) < 4.78 is 4.02. The summed E-state index contributed by atoms with van der Waals surface area (Å²) in [5.41, 5.74) is 14.9. The molecule has 0 saturated heterocycles. The minimum Gasteiger partial charge on any atom is -0.368 e. The highest BCUT2D eigenvalue weighted by Gasteiger charge is 2.32. The van der Waals surface area contributed by atoms with Crippen LogP contribution >= 0.6 is 0 Å². The molecule has 0 aromatic carbocycles. The van der Waals surface area contributed by atoms with E-state index in [4.69, 9.17) is 31.6 Å². The van der Waals surface area contributed by atoms with Gasteiger partial charge < -0.3 is 18.8 Å². The van der Waals surface area contributed by atoms with Crippen LogP contribution in [-0.4, -0.2) is 35.8 Å². The molecule has 0 heterocycles. The summed E-state index contributed by atoms with van der Waals surface area (Å²) in [4.78, 5) is 24.7. The molecule has 0 amide bonds. The Kier molecular flexibility index (Phi) is 2.88. The highest BCUT2D eigenvalue weighted by molar-refractivity contribution is 6.48. The van der Waals surface area contributed by atoms with Crippen molar-refractivity contribution < 1.29 is 18.8 Å². The zero-order valence-corrected chi connectivity index (χ0v) is 6.19. The molecular formula is C2H11N3O4Si. The van der Waals surface area contributed by atoms with Crippen molar-refractivity contribution in [3.63, 3.8) is 0 Å². The SMILES string of the molecule is NC(N)(N)CO[Si](O)(O)O. The predicted molar refractivity (Wildman–Crippen MR) is 33.7 cm³/mol. The molecule has 0 aliphatic heterocycles. The van der Waals surface area contributed by atoms with E-state index in [0.29, 0.717) is 0 Å². The molecule has 0 radical (unpaired) electrons. The summed E-state index contributed by atoms with van der Waals surface area (Å²) in [6.07, 6.45) is 0. The summed E-state index contributed by atoms with van der Waals surface area (Å²) in [6, 6.07) is 0. The van der Waals surface area contributed by atoms with Crippen molar-refractivity contribution in [1.29, 1.82) is 0 Å². The molecule has 0 fully saturated rings. The second kappa shape index (κ2) is 2.90. The van der Waals surface area contributed by atoms with Crippen LogP contribution in [0.2, 0.25) is 0 Å². The molecular weight excluding hydrogens is 158 g/mol. The number of hydrogen-bond acceptors (Lipinski definition) is 7. The van der Waals surface area contributed by atoms with Crippen LogP contribution in [0, 0.1) is 0 Å². The highest BCUT2D eigenvalue weighted by atomic mass is 28.4. The first-order valence-corrected chi connectivity index (χ1v) is 4.13. The van der Waals surface area contributed by atoms with Gasteiger partial charge in [0.2, 0.25) is 0 Å². The molecule has 0 aliphatic rings. The standard InChI is InChI=1S/C2H11N3O4Si/c3-2(4,5)1-9-10(6,7)8/h6-8H,1,3-5H2. The quantitative estimate of drug-likeness (QED) is 0.186. The van der Waals surface area contributed by atoms with Crippen LogP contribution in [0.1, 0.15) is 0 Å². The Morgan fingerprint density at radius 2 is 1.60 bits per heavy atom. The van der Waals surface area contributed by atoms with E-state index in [2.05, 4.69) is 4.43 Å². The van der Waals surface area contributed by atoms with Crippen molar-refractivity contribution in [3.8, 4) is 0 Å². The van der Waals surface area contributed by atoms with Crippen molar-refractivity contribution in [1.82, 2.24) is 0 Å². The van der Waals surface area contributed by atoms with E-state index < -0.39 is 21.4 Å². The lowest BCUT2D eigenvalue weighted by atomic mass is 10.4. The maximum absolute atomic E-state index is 8.24. The molecule has 0 unspecified atom stereocenters. The third-order valence-corrected chi connectivity index (χ3v) is 1.05. The summed E-state index contributed by atoms with van der Waals surface area (Å²) in [6.45, 7) is -0.525. The molecule has 62 valence electrons. The summed E-state index contributed by atoms with van der Waals surface area (Å²) in [5.74, 6) is -1.66. The van der Waals surface area contributed by atoms with E-state index >= 15 is 0 Å². The fraction of sp³-hybridized carbons (Fsp3) is 1.00. The van der Waals surface area contributed by atoms with Crippen LogP contribution in [-0.2, 0) is 4.43 Å². The third kappa shape index (κ3) is 7.94. The third-order valence-electron chi connectivity index (χ3n) is 0.516. The van der Waals surface area contributed by atoms with Gasteiger partial charge in [-0.1, -0.05) is 0 Å². The first-order valence-electron chi connectivity index (χ1n) is 2.38. The van der Waals surface area contributed by atoms with E-state index in [1.807, 2.05) is 0 Å². The Morgan fingerprint density at radius 3 is 1.70 bits per heavy atom. The topological polar surface area (TPSA) is 148 Å². The monoisotopic (exact) mass is 169 g/mol. The minimum absolute atomic E-state index is 0.525. The van der Waals surface area contributed by atoms with E-state index in [1.165, 1.54) is 0 Å². The van der Waals surface area contributed by atoms with Gasteiger partial charge in [-0.2, -0.15) is 0 Å². The van der Waals surface area contributed by atoms with Crippen LogP contribution in [0.15, 0.2) is 0 Å². The molecule has 10 heavy (non-hydrogen) atoms. The van der Waals surface area contributed by atoms with E-state index in [-0.39, 0.29) is 0 Å². The lowest BCUT2D eigenvalue weighted by Crippen LogP contribution is -2.63. The van der Waals surface area contributed by atoms with Crippen LogP contribution in [0.5, 0.6) is 0 Å². The van der Waals surface area contributed by atoms with E-state index in [9.17, 15) is 0 Å². The Balaban J connectivity index is 3.56. The van der Waals surface area contributed by atoms with Gasteiger partial charge in [-0.05, 0) is 0 Å².